The predicted octanol–water partition coefficient (Wildman–Crippen LogP) is 3.12. The normalized spacial score (nSPS) is 13.1. The third-order valence-electron chi connectivity index (χ3n) is 6.04. The summed E-state index contributed by atoms with van der Waals surface area (Å²) in [6, 6.07) is 15.1. The van der Waals surface area contributed by atoms with Crippen molar-refractivity contribution in [2.45, 2.75) is 42.8 Å². The Kier molecular flexibility index (Phi) is 10.9. The average molecular weight is 563 g/mol. The number of aliphatic hydroxyl groups is 1. The predicted molar refractivity (Wildman–Crippen MR) is 142 cm³/mol. The molecule has 210 valence electrons. The van der Waals surface area contributed by atoms with Crippen molar-refractivity contribution in [1.29, 1.82) is 0 Å². The van der Waals surface area contributed by atoms with Gasteiger partial charge in [0.2, 0.25) is 10.0 Å². The lowest BCUT2D eigenvalue weighted by atomic mass is 10.0. The molecular formula is C28H32F2N2O6S. The number of esters is 1. The Hall–Kier alpha value is -3.38. The molecule has 3 aromatic carbocycles. The number of aryl methyl sites for hydroxylation is 1. The summed E-state index contributed by atoms with van der Waals surface area (Å²) in [5, 5.41) is 14.0. The van der Waals surface area contributed by atoms with Crippen molar-refractivity contribution in [2.24, 2.45) is 0 Å². The van der Waals surface area contributed by atoms with Gasteiger partial charge >= 0.3 is 5.97 Å². The zero-order valence-corrected chi connectivity index (χ0v) is 22.5. The summed E-state index contributed by atoms with van der Waals surface area (Å²) in [4.78, 5) is 11.3. The highest BCUT2D eigenvalue weighted by Crippen LogP contribution is 2.17. The number of carbonyl (C=O) groups is 1. The number of ether oxygens (including phenoxy) is 2. The van der Waals surface area contributed by atoms with Crippen LogP contribution < -0.4 is 14.8 Å². The van der Waals surface area contributed by atoms with E-state index >= 15 is 0 Å². The highest BCUT2D eigenvalue weighted by molar-refractivity contribution is 7.89. The van der Waals surface area contributed by atoms with E-state index in [0.717, 1.165) is 29.3 Å². The number of aliphatic hydroxyl groups excluding tert-OH is 1. The van der Waals surface area contributed by atoms with Crippen molar-refractivity contribution in [3.8, 4) is 5.75 Å². The largest absolute Gasteiger partial charge is 0.497 e. The molecule has 0 amide bonds. The molecule has 0 fully saturated rings. The fraction of sp³-hybridized carbons (Fsp3) is 0.321. The summed E-state index contributed by atoms with van der Waals surface area (Å²) in [5.74, 6) is -1.32. The number of carbonyl (C=O) groups excluding carboxylic acids is 1. The zero-order valence-electron chi connectivity index (χ0n) is 21.7. The first-order valence-electron chi connectivity index (χ1n) is 12.2. The van der Waals surface area contributed by atoms with E-state index in [1.807, 2.05) is 18.2 Å². The zero-order chi connectivity index (χ0) is 28.4. The van der Waals surface area contributed by atoms with Gasteiger partial charge in [0.25, 0.3) is 0 Å². The first kappa shape index (κ1) is 30.2. The minimum absolute atomic E-state index is 0.00530. The second-order valence-corrected chi connectivity index (χ2v) is 10.7. The molecule has 2 atom stereocenters. The van der Waals surface area contributed by atoms with Crippen molar-refractivity contribution in [1.82, 2.24) is 10.0 Å². The molecule has 0 aliphatic rings. The van der Waals surface area contributed by atoms with Gasteiger partial charge in [0.1, 0.15) is 17.4 Å². The molecule has 0 radical (unpaired) electrons. The van der Waals surface area contributed by atoms with E-state index in [0.29, 0.717) is 18.7 Å². The first-order valence-corrected chi connectivity index (χ1v) is 13.7. The Labute approximate surface area is 227 Å². The number of benzene rings is 3. The summed E-state index contributed by atoms with van der Waals surface area (Å²) < 4.78 is 66.3. The summed E-state index contributed by atoms with van der Waals surface area (Å²) in [7, 11) is -1.27. The second kappa shape index (κ2) is 14.1. The molecule has 0 aliphatic heterocycles. The van der Waals surface area contributed by atoms with Crippen LogP contribution in [0.1, 0.15) is 23.1 Å². The van der Waals surface area contributed by atoms with E-state index in [2.05, 4.69) is 14.8 Å². The minimum atomic E-state index is -4.12. The minimum Gasteiger partial charge on any atom is -0.497 e. The number of halogens is 2. The van der Waals surface area contributed by atoms with Crippen molar-refractivity contribution in [3.63, 3.8) is 0 Å². The van der Waals surface area contributed by atoms with Crippen molar-refractivity contribution >= 4 is 16.0 Å². The van der Waals surface area contributed by atoms with Crippen molar-refractivity contribution < 1.29 is 36.6 Å². The molecule has 0 spiro atoms. The van der Waals surface area contributed by atoms with Gasteiger partial charge in [0.15, 0.2) is 0 Å². The molecule has 0 aromatic heterocycles. The molecule has 0 bridgehead atoms. The molecule has 11 heteroatoms. The van der Waals surface area contributed by atoms with Crippen LogP contribution in [0.5, 0.6) is 5.75 Å². The lowest BCUT2D eigenvalue weighted by molar-refractivity contribution is -0.140. The molecule has 3 N–H and O–H groups in total. The summed E-state index contributed by atoms with van der Waals surface area (Å²) >= 11 is 0. The fourth-order valence-electron chi connectivity index (χ4n) is 3.98. The van der Waals surface area contributed by atoms with Gasteiger partial charge in [-0.15, -0.1) is 0 Å². The van der Waals surface area contributed by atoms with Crippen molar-refractivity contribution in [3.05, 3.63) is 95.1 Å². The maximum absolute atomic E-state index is 13.8. The monoisotopic (exact) mass is 562 g/mol. The number of hydrogen-bond acceptors (Lipinski definition) is 7. The van der Waals surface area contributed by atoms with Gasteiger partial charge in [-0.2, -0.15) is 0 Å². The molecule has 3 aromatic rings. The number of hydrogen-bond donors (Lipinski definition) is 3. The molecule has 0 aliphatic carbocycles. The van der Waals surface area contributed by atoms with E-state index in [4.69, 9.17) is 4.74 Å². The van der Waals surface area contributed by atoms with Crippen LogP contribution in [-0.2, 0) is 38.9 Å². The third-order valence-corrected chi connectivity index (χ3v) is 7.55. The van der Waals surface area contributed by atoms with Gasteiger partial charge in [-0.3, -0.25) is 4.79 Å². The highest BCUT2D eigenvalue weighted by Gasteiger charge is 2.27. The van der Waals surface area contributed by atoms with Gasteiger partial charge in [0, 0.05) is 25.6 Å². The van der Waals surface area contributed by atoms with Crippen LogP contribution >= 0.6 is 0 Å². The quantitative estimate of drug-likeness (QED) is 0.259. The lowest BCUT2D eigenvalue weighted by Gasteiger charge is -2.25. The Morgan fingerprint density at radius 2 is 1.64 bits per heavy atom. The SMILES string of the molecule is COC(=O)CCc1ccc(S(=O)(=O)N[C@@H](Cc2cc(F)cc(F)c2)[C@H](O)CNCc2cccc(OC)c2)cc1. The number of methoxy groups -OCH3 is 2. The van der Waals surface area contributed by atoms with Gasteiger partial charge in [-0.05, 0) is 65.9 Å². The van der Waals surface area contributed by atoms with Crippen LogP contribution in [0.3, 0.4) is 0 Å². The molecular weight excluding hydrogens is 530 g/mol. The first-order chi connectivity index (χ1) is 18.6. The van der Waals surface area contributed by atoms with Crippen LogP contribution in [0.25, 0.3) is 0 Å². The summed E-state index contributed by atoms with van der Waals surface area (Å²) in [5.41, 5.74) is 1.82. The molecule has 3 rings (SSSR count). The standard InChI is InChI=1S/C28H32F2N2O6S/c1-37-24-5-3-4-20(14-24)17-31-18-27(33)26(15-21-12-22(29)16-23(30)13-21)32-39(35,36)25-9-6-19(7-10-25)8-11-28(34)38-2/h3-7,9-10,12-14,16,26-27,31-33H,8,11,15,17-18H2,1-2H3/t26-,27+/m0/s1. The van der Waals surface area contributed by atoms with Gasteiger partial charge in [0.05, 0.1) is 31.3 Å². The van der Waals surface area contributed by atoms with Crippen LogP contribution in [0.2, 0.25) is 0 Å². The molecule has 0 heterocycles. The second-order valence-electron chi connectivity index (χ2n) is 8.98. The Morgan fingerprint density at radius 3 is 2.28 bits per heavy atom. The molecule has 0 unspecified atom stereocenters. The lowest BCUT2D eigenvalue weighted by Crippen LogP contribution is -2.48. The maximum Gasteiger partial charge on any atom is 0.305 e. The smallest absolute Gasteiger partial charge is 0.305 e. The van der Waals surface area contributed by atoms with Gasteiger partial charge in [-0.25, -0.2) is 21.9 Å². The maximum atomic E-state index is 13.8. The van der Waals surface area contributed by atoms with Crippen LogP contribution in [0.4, 0.5) is 8.78 Å². The van der Waals surface area contributed by atoms with E-state index in [1.165, 1.54) is 19.2 Å². The number of sulfonamides is 1. The van der Waals surface area contributed by atoms with E-state index < -0.39 is 33.8 Å². The van der Waals surface area contributed by atoms with Crippen LogP contribution in [0, 0.1) is 11.6 Å². The fourth-order valence-corrected chi connectivity index (χ4v) is 5.25. The molecule has 0 saturated carbocycles. The van der Waals surface area contributed by atoms with Crippen LogP contribution in [-0.4, -0.2) is 52.4 Å². The topological polar surface area (TPSA) is 114 Å². The van der Waals surface area contributed by atoms with E-state index in [-0.39, 0.29) is 35.8 Å². The van der Waals surface area contributed by atoms with Gasteiger partial charge in [-0.1, -0.05) is 24.3 Å². The Balaban J connectivity index is 1.74. The van der Waals surface area contributed by atoms with E-state index in [9.17, 15) is 27.1 Å². The molecule has 8 nitrogen and oxygen atoms in total. The average Bonchev–Trinajstić information content (AvgIpc) is 2.91. The summed E-state index contributed by atoms with van der Waals surface area (Å²) in [6.45, 7) is 0.365. The summed E-state index contributed by atoms with van der Waals surface area (Å²) in [6.07, 6.45) is -0.864. The highest BCUT2D eigenvalue weighted by atomic mass is 32.2. The number of rotatable bonds is 14. The molecule has 0 saturated heterocycles. The van der Waals surface area contributed by atoms with E-state index in [1.54, 1.807) is 25.3 Å². The van der Waals surface area contributed by atoms with Crippen molar-refractivity contribution in [2.75, 3.05) is 20.8 Å². The Bertz CT molecular complexity index is 1330. The Morgan fingerprint density at radius 1 is 0.949 bits per heavy atom. The van der Waals surface area contributed by atoms with Gasteiger partial charge < -0.3 is 19.9 Å². The van der Waals surface area contributed by atoms with Crippen LogP contribution in [0.15, 0.2) is 71.6 Å². The third kappa shape index (κ3) is 9.39. The molecule has 39 heavy (non-hydrogen) atoms. The number of nitrogens with one attached hydrogen (secondary N) is 2.